The zero-order chi connectivity index (χ0) is 22.5. The molecule has 0 fully saturated rings. The summed E-state index contributed by atoms with van der Waals surface area (Å²) in [5, 5.41) is 71.1. The van der Waals surface area contributed by atoms with Crippen molar-refractivity contribution in [2.75, 3.05) is 33.6 Å². The fraction of sp³-hybridized carbons (Fsp3) is 0.316. The first-order valence-corrected chi connectivity index (χ1v) is 8.98. The summed E-state index contributed by atoms with van der Waals surface area (Å²) in [6.45, 7) is 0. The first kappa shape index (κ1) is 20.6. The van der Waals surface area contributed by atoms with Gasteiger partial charge in [0.15, 0.2) is 11.8 Å². The van der Waals surface area contributed by atoms with E-state index >= 15 is 0 Å². The predicted molar refractivity (Wildman–Crippen MR) is 111 cm³/mol. The van der Waals surface area contributed by atoms with Gasteiger partial charge >= 0.3 is 0 Å². The van der Waals surface area contributed by atoms with Crippen molar-refractivity contribution < 1.29 is 0 Å². The van der Waals surface area contributed by atoms with Gasteiger partial charge in [0, 0.05) is 7.05 Å². The van der Waals surface area contributed by atoms with E-state index in [9.17, 15) is 26.3 Å². The maximum atomic E-state index is 9.48. The molecule has 0 radical (unpaired) electrons. The number of anilines is 5. The van der Waals surface area contributed by atoms with E-state index in [1.807, 2.05) is 36.4 Å². The van der Waals surface area contributed by atoms with E-state index in [1.165, 1.54) is 0 Å². The maximum absolute atomic E-state index is 9.48. The molecule has 0 saturated carbocycles. The van der Waals surface area contributed by atoms with Crippen molar-refractivity contribution >= 4 is 39.8 Å². The molecular weight excluding hydrogens is 396 g/mol. The second-order valence-electron chi connectivity index (χ2n) is 6.48. The number of benzene rings is 1. The molecule has 2 heterocycles. The molecule has 5 N–H and O–H groups in total. The Morgan fingerprint density at radius 3 is 2.10 bits per heavy atom. The number of aliphatic imine (C=N–C) groups is 1. The molecule has 2 aliphatic heterocycles. The molecule has 0 aliphatic carbocycles. The van der Waals surface area contributed by atoms with Crippen molar-refractivity contribution in [3.8, 4) is 36.4 Å². The lowest BCUT2D eigenvalue weighted by molar-refractivity contribution is 0.792. The van der Waals surface area contributed by atoms with E-state index in [1.54, 1.807) is 7.05 Å². The molecule has 4 atom stereocenters. The minimum atomic E-state index is -1.00. The number of fused-ring (bicyclic) bond motifs is 3. The highest BCUT2D eigenvalue weighted by molar-refractivity contribution is 6.16. The molecule has 2 aliphatic rings. The van der Waals surface area contributed by atoms with Gasteiger partial charge in [-0.15, -0.1) is 0 Å². The Labute approximate surface area is 177 Å². The molecule has 12 nitrogen and oxygen atoms in total. The van der Waals surface area contributed by atoms with Gasteiger partial charge in [0.1, 0.15) is 29.9 Å². The quantitative estimate of drug-likeness (QED) is 0.448. The minimum Gasteiger partial charge on any atom is -0.385 e. The number of hydrogen-bond acceptors (Lipinski definition) is 12. The molecule has 3 rings (SSSR count). The van der Waals surface area contributed by atoms with Gasteiger partial charge in [-0.3, -0.25) is 0 Å². The number of rotatable bonds is 4. The molecule has 1 aromatic carbocycles. The molecule has 0 saturated heterocycles. The molecule has 4 unspecified atom stereocenters. The molecule has 0 bridgehead atoms. The van der Waals surface area contributed by atoms with Crippen LogP contribution < -0.4 is 26.6 Å². The largest absolute Gasteiger partial charge is 0.385 e. The van der Waals surface area contributed by atoms with Crippen molar-refractivity contribution in [2.24, 2.45) is 4.99 Å². The first-order chi connectivity index (χ1) is 15.1. The van der Waals surface area contributed by atoms with Crippen LogP contribution in [0, 0.1) is 68.0 Å². The molecular formula is C19H14N12. The van der Waals surface area contributed by atoms with Crippen LogP contribution >= 0.6 is 0 Å². The fourth-order valence-electron chi connectivity index (χ4n) is 3.33. The Morgan fingerprint density at radius 2 is 1.58 bits per heavy atom. The number of nitrogens with zero attached hydrogens (tertiary/aromatic N) is 7. The van der Waals surface area contributed by atoms with Crippen molar-refractivity contribution in [1.29, 1.82) is 31.6 Å². The standard InChI is InChI=1S/C19H14N12/c1-26-14-15(27-9(4-21)2-3-20)17-19(31-13(8-25)12(7-24)29-17)18-16(14)28-10(5-22)11(6-23)30-18/h9-10,12-13,26-29,31H,2H2,1H3. The summed E-state index contributed by atoms with van der Waals surface area (Å²) in [4.78, 5) is 4.32. The SMILES string of the molecule is CNc1c2c(c3c(c1NC(C#N)CC#N)NC(C#N)C(C#N)N3)N=C(C#N)C(C#N)N2. The third kappa shape index (κ3) is 3.39. The van der Waals surface area contributed by atoms with Gasteiger partial charge in [-0.2, -0.15) is 31.6 Å². The summed E-state index contributed by atoms with van der Waals surface area (Å²) in [5.74, 6) is 0. The number of hydrogen-bond donors (Lipinski definition) is 5. The van der Waals surface area contributed by atoms with E-state index < -0.39 is 24.2 Å². The van der Waals surface area contributed by atoms with Crippen LogP contribution in [0.25, 0.3) is 0 Å². The van der Waals surface area contributed by atoms with Gasteiger partial charge < -0.3 is 26.6 Å². The zero-order valence-corrected chi connectivity index (χ0v) is 16.1. The van der Waals surface area contributed by atoms with Crippen LogP contribution in [-0.2, 0) is 0 Å². The molecule has 150 valence electrons. The average Bonchev–Trinajstić information content (AvgIpc) is 2.81. The molecule has 0 aromatic heterocycles. The Morgan fingerprint density at radius 1 is 0.903 bits per heavy atom. The van der Waals surface area contributed by atoms with Crippen LogP contribution in [0.4, 0.5) is 34.1 Å². The van der Waals surface area contributed by atoms with Gasteiger partial charge in [0.05, 0.1) is 65.2 Å². The molecule has 0 amide bonds. The highest BCUT2D eigenvalue weighted by Crippen LogP contribution is 2.54. The summed E-state index contributed by atoms with van der Waals surface area (Å²) in [6, 6.07) is 8.09. The smallest absolute Gasteiger partial charge is 0.167 e. The highest BCUT2D eigenvalue weighted by Gasteiger charge is 2.37. The van der Waals surface area contributed by atoms with Crippen LogP contribution in [0.15, 0.2) is 4.99 Å². The summed E-state index contributed by atoms with van der Waals surface area (Å²) in [5.41, 5.74) is 2.00. The molecule has 0 spiro atoms. The fourth-order valence-corrected chi connectivity index (χ4v) is 3.33. The number of nitrogens with one attached hydrogen (secondary N) is 5. The van der Waals surface area contributed by atoms with Gasteiger partial charge in [-0.05, 0) is 0 Å². The van der Waals surface area contributed by atoms with Crippen LogP contribution in [0.3, 0.4) is 0 Å². The van der Waals surface area contributed by atoms with E-state index in [0.29, 0.717) is 28.4 Å². The molecule has 12 heteroatoms. The molecule has 1 aromatic rings. The van der Waals surface area contributed by atoms with Crippen LogP contribution in [0.5, 0.6) is 0 Å². The number of nitriles is 6. The van der Waals surface area contributed by atoms with Gasteiger partial charge in [-0.1, -0.05) is 0 Å². The maximum Gasteiger partial charge on any atom is 0.167 e. The lowest BCUT2D eigenvalue weighted by Gasteiger charge is -2.35. The normalized spacial score (nSPS) is 20.9. The van der Waals surface area contributed by atoms with E-state index in [0.717, 1.165) is 0 Å². The van der Waals surface area contributed by atoms with Gasteiger partial charge in [0.25, 0.3) is 0 Å². The Bertz CT molecular complexity index is 1200. The monoisotopic (exact) mass is 410 g/mol. The first-order valence-electron chi connectivity index (χ1n) is 8.98. The Hall–Kier alpha value is -5.17. The molecule has 31 heavy (non-hydrogen) atoms. The van der Waals surface area contributed by atoms with Gasteiger partial charge in [0.2, 0.25) is 0 Å². The van der Waals surface area contributed by atoms with E-state index in [4.69, 9.17) is 5.26 Å². The topological polar surface area (TPSA) is 215 Å². The summed E-state index contributed by atoms with van der Waals surface area (Å²) >= 11 is 0. The lowest BCUT2D eigenvalue weighted by Crippen LogP contribution is -2.42. The van der Waals surface area contributed by atoms with E-state index in [-0.39, 0.29) is 17.8 Å². The Kier molecular flexibility index (Phi) is 5.61. The third-order valence-corrected chi connectivity index (χ3v) is 4.74. The second kappa shape index (κ2) is 8.46. The van der Waals surface area contributed by atoms with Crippen molar-refractivity contribution in [3.63, 3.8) is 0 Å². The third-order valence-electron chi connectivity index (χ3n) is 4.74. The average molecular weight is 410 g/mol. The van der Waals surface area contributed by atoms with Crippen molar-refractivity contribution in [1.82, 2.24) is 0 Å². The second-order valence-corrected chi connectivity index (χ2v) is 6.48. The van der Waals surface area contributed by atoms with Crippen LogP contribution in [-0.4, -0.2) is 36.9 Å². The summed E-state index contributed by atoms with van der Waals surface area (Å²) < 4.78 is 0. The lowest BCUT2D eigenvalue weighted by atomic mass is 9.98. The minimum absolute atomic E-state index is 0.0583. The van der Waals surface area contributed by atoms with Crippen molar-refractivity contribution in [3.05, 3.63) is 0 Å². The van der Waals surface area contributed by atoms with Crippen LogP contribution in [0.2, 0.25) is 0 Å². The van der Waals surface area contributed by atoms with E-state index in [2.05, 4.69) is 31.6 Å². The van der Waals surface area contributed by atoms with Crippen molar-refractivity contribution in [2.45, 2.75) is 30.6 Å². The van der Waals surface area contributed by atoms with Crippen LogP contribution in [0.1, 0.15) is 6.42 Å². The Balaban J connectivity index is 2.33. The summed E-state index contributed by atoms with van der Waals surface area (Å²) in [6.07, 6.45) is -0.105. The zero-order valence-electron chi connectivity index (χ0n) is 16.1. The highest BCUT2D eigenvalue weighted by atomic mass is 15.2. The predicted octanol–water partition coefficient (Wildman–Crippen LogP) is 1.48. The summed E-state index contributed by atoms with van der Waals surface area (Å²) in [7, 11) is 1.61. The van der Waals surface area contributed by atoms with Gasteiger partial charge in [-0.25, -0.2) is 4.99 Å².